The minimum atomic E-state index is -4.05. The minimum absolute atomic E-state index is 0.0420. The van der Waals surface area contributed by atoms with E-state index in [9.17, 15) is 23.1 Å². The molecule has 0 saturated carbocycles. The first-order valence-electron chi connectivity index (χ1n) is 8.23. The van der Waals surface area contributed by atoms with Crippen LogP contribution in [-0.2, 0) is 21.6 Å². The number of nitrogens with zero attached hydrogens (tertiary/aromatic N) is 1. The molecular formula is C18H15N3O6S. The van der Waals surface area contributed by atoms with Gasteiger partial charge in [-0.1, -0.05) is 30.3 Å². The summed E-state index contributed by atoms with van der Waals surface area (Å²) >= 11 is 0. The van der Waals surface area contributed by atoms with Crippen LogP contribution in [0.1, 0.15) is 16.1 Å². The van der Waals surface area contributed by atoms with Crippen LogP contribution in [0.4, 0.5) is 5.69 Å². The van der Waals surface area contributed by atoms with Gasteiger partial charge < -0.3 is 14.8 Å². The minimum Gasteiger partial charge on any atom is -0.487 e. The smallest absolute Gasteiger partial charge is 0.352 e. The molecule has 3 aromatic rings. The van der Waals surface area contributed by atoms with Crippen LogP contribution in [0.15, 0.2) is 48.5 Å². The van der Waals surface area contributed by atoms with E-state index in [4.69, 9.17) is 4.74 Å². The van der Waals surface area contributed by atoms with E-state index in [1.165, 1.54) is 12.1 Å². The van der Waals surface area contributed by atoms with Crippen LogP contribution in [0.5, 0.6) is 5.75 Å². The van der Waals surface area contributed by atoms with Crippen LogP contribution < -0.4 is 13.8 Å². The number of aromatic nitrogens is 1. The van der Waals surface area contributed by atoms with Gasteiger partial charge in [0, 0.05) is 10.9 Å². The van der Waals surface area contributed by atoms with Crippen LogP contribution in [0, 0.1) is 0 Å². The summed E-state index contributed by atoms with van der Waals surface area (Å²) in [6.07, 6.45) is 0. The molecule has 3 N–H and O–H groups in total. The molecular weight excluding hydrogens is 386 g/mol. The number of hydrogen-bond acceptors (Lipinski definition) is 5. The molecule has 1 aliphatic rings. The Morgan fingerprint density at radius 1 is 1.18 bits per heavy atom. The monoisotopic (exact) mass is 401 g/mol. The van der Waals surface area contributed by atoms with Gasteiger partial charge in [-0.3, -0.25) is 4.79 Å². The Hall–Kier alpha value is -3.53. The molecule has 1 amide bonds. The number of aromatic carboxylic acids is 1. The zero-order valence-corrected chi connectivity index (χ0v) is 15.2. The number of amides is 1. The van der Waals surface area contributed by atoms with Crippen LogP contribution in [-0.4, -0.2) is 36.9 Å². The summed E-state index contributed by atoms with van der Waals surface area (Å²) in [5.74, 6) is -1.59. The molecule has 1 aliphatic heterocycles. The number of anilines is 1. The quantitative estimate of drug-likeness (QED) is 0.596. The maximum absolute atomic E-state index is 12.3. The Morgan fingerprint density at radius 3 is 2.57 bits per heavy atom. The van der Waals surface area contributed by atoms with E-state index in [1.54, 1.807) is 6.07 Å². The highest BCUT2D eigenvalue weighted by Gasteiger charge is 2.36. The van der Waals surface area contributed by atoms with E-state index in [-0.39, 0.29) is 30.3 Å². The fourth-order valence-electron chi connectivity index (χ4n) is 2.97. The number of hydrogen-bond donors (Lipinski definition) is 3. The highest BCUT2D eigenvalue weighted by Crippen LogP contribution is 2.36. The number of H-pyrrole nitrogens is 1. The van der Waals surface area contributed by atoms with Crippen molar-refractivity contribution in [1.82, 2.24) is 9.71 Å². The molecule has 1 fully saturated rings. The molecule has 0 aliphatic carbocycles. The molecule has 0 bridgehead atoms. The van der Waals surface area contributed by atoms with Gasteiger partial charge in [-0.05, 0) is 23.8 Å². The van der Waals surface area contributed by atoms with E-state index in [2.05, 4.69) is 4.98 Å². The molecule has 0 radical (unpaired) electrons. The lowest BCUT2D eigenvalue weighted by Gasteiger charge is -2.19. The van der Waals surface area contributed by atoms with Gasteiger partial charge in [0.2, 0.25) is 0 Å². The Labute approximate surface area is 159 Å². The average Bonchev–Trinajstić information content (AvgIpc) is 3.19. The van der Waals surface area contributed by atoms with Crippen LogP contribution in [0.25, 0.3) is 10.9 Å². The molecule has 0 spiro atoms. The third-order valence-electron chi connectivity index (χ3n) is 4.26. The Kier molecular flexibility index (Phi) is 4.19. The zero-order chi connectivity index (χ0) is 19.9. The van der Waals surface area contributed by atoms with E-state index in [1.807, 2.05) is 35.1 Å². The predicted molar refractivity (Wildman–Crippen MR) is 100 cm³/mol. The number of ether oxygens (including phenoxy) is 1. The normalized spacial score (nSPS) is 15.6. The standard InChI is InChI=1S/C18H15N3O6S/c22-17-9-21(28(25,26)20-17)15-8-13-12(6-14(19-13)18(23)24)7-16(15)27-10-11-4-2-1-3-5-11/h1-8,19H,9-10H2,(H,20,22)(H,23,24). The lowest BCUT2D eigenvalue weighted by atomic mass is 10.2. The van der Waals surface area contributed by atoms with E-state index in [0.29, 0.717) is 10.9 Å². The van der Waals surface area contributed by atoms with Gasteiger partial charge in [0.05, 0.1) is 5.69 Å². The number of aromatic amines is 1. The number of nitrogens with one attached hydrogen (secondary N) is 2. The van der Waals surface area contributed by atoms with Gasteiger partial charge in [-0.2, -0.15) is 8.42 Å². The van der Waals surface area contributed by atoms with E-state index < -0.39 is 22.1 Å². The molecule has 2 heterocycles. The Balaban J connectivity index is 1.80. The highest BCUT2D eigenvalue weighted by atomic mass is 32.2. The number of benzene rings is 2. The second-order valence-corrected chi connectivity index (χ2v) is 7.80. The molecule has 0 unspecified atom stereocenters. The molecule has 10 heteroatoms. The first kappa shape index (κ1) is 17.9. The third-order valence-corrected chi connectivity index (χ3v) is 5.65. The summed E-state index contributed by atoms with van der Waals surface area (Å²) in [6, 6.07) is 13.7. The maximum atomic E-state index is 12.3. The molecule has 28 heavy (non-hydrogen) atoms. The average molecular weight is 401 g/mol. The molecule has 1 saturated heterocycles. The van der Waals surface area contributed by atoms with Gasteiger partial charge in [-0.15, -0.1) is 0 Å². The first-order chi connectivity index (χ1) is 13.3. The van der Waals surface area contributed by atoms with Gasteiger partial charge in [0.25, 0.3) is 5.91 Å². The summed E-state index contributed by atoms with van der Waals surface area (Å²) < 4.78 is 33.2. The van der Waals surface area contributed by atoms with Crippen LogP contribution in [0.3, 0.4) is 0 Å². The summed E-state index contributed by atoms with van der Waals surface area (Å²) in [5, 5.41) is 9.72. The third kappa shape index (κ3) is 3.25. The lowest BCUT2D eigenvalue weighted by molar-refractivity contribution is -0.117. The zero-order valence-electron chi connectivity index (χ0n) is 14.4. The molecule has 144 valence electrons. The van der Waals surface area contributed by atoms with E-state index >= 15 is 0 Å². The van der Waals surface area contributed by atoms with Crippen molar-refractivity contribution in [2.45, 2.75) is 6.61 Å². The maximum Gasteiger partial charge on any atom is 0.352 e. The van der Waals surface area contributed by atoms with Crippen molar-refractivity contribution in [3.8, 4) is 5.75 Å². The summed E-state index contributed by atoms with van der Waals surface area (Å²) in [5.41, 5.74) is 1.38. The summed E-state index contributed by atoms with van der Waals surface area (Å²) in [7, 11) is -4.05. The molecule has 2 aromatic carbocycles. The van der Waals surface area contributed by atoms with Crippen molar-refractivity contribution < 1.29 is 27.9 Å². The number of carbonyl (C=O) groups is 2. The van der Waals surface area contributed by atoms with Gasteiger partial charge >= 0.3 is 16.2 Å². The second kappa shape index (κ2) is 6.57. The predicted octanol–water partition coefficient (Wildman–Crippen LogP) is 1.63. The van der Waals surface area contributed by atoms with Crippen molar-refractivity contribution in [3.63, 3.8) is 0 Å². The Morgan fingerprint density at radius 2 is 1.93 bits per heavy atom. The number of rotatable bonds is 5. The second-order valence-electron chi connectivity index (χ2n) is 6.21. The van der Waals surface area contributed by atoms with Gasteiger partial charge in [-0.25, -0.2) is 13.8 Å². The van der Waals surface area contributed by atoms with Crippen LogP contribution >= 0.6 is 0 Å². The number of fused-ring (bicyclic) bond motifs is 1. The van der Waals surface area contributed by atoms with Gasteiger partial charge in [0.15, 0.2) is 0 Å². The van der Waals surface area contributed by atoms with Crippen molar-refractivity contribution in [2.24, 2.45) is 0 Å². The van der Waals surface area contributed by atoms with Crippen LogP contribution in [0.2, 0.25) is 0 Å². The van der Waals surface area contributed by atoms with E-state index in [0.717, 1.165) is 9.87 Å². The van der Waals surface area contributed by atoms with Crippen molar-refractivity contribution in [2.75, 3.05) is 10.8 Å². The first-order valence-corrected chi connectivity index (χ1v) is 9.67. The summed E-state index contributed by atoms with van der Waals surface area (Å²) in [4.78, 5) is 25.6. The Bertz CT molecular complexity index is 1190. The fraction of sp³-hybridized carbons (Fsp3) is 0.111. The molecule has 4 rings (SSSR count). The van der Waals surface area contributed by atoms with Crippen molar-refractivity contribution >= 4 is 38.7 Å². The SMILES string of the molecule is O=C1CN(c2cc3[nH]c(C(=O)O)cc3cc2OCc2ccccc2)S(=O)(=O)N1. The summed E-state index contributed by atoms with van der Waals surface area (Å²) in [6.45, 7) is -0.215. The number of carboxylic acids is 1. The number of carboxylic acid groups (broad SMARTS) is 1. The molecule has 9 nitrogen and oxygen atoms in total. The molecule has 0 atom stereocenters. The fourth-order valence-corrected chi connectivity index (χ4v) is 4.12. The molecule has 1 aromatic heterocycles. The number of carbonyl (C=O) groups excluding carboxylic acids is 1. The van der Waals surface area contributed by atoms with Gasteiger partial charge in [0.1, 0.15) is 24.6 Å². The van der Waals surface area contributed by atoms with Crippen molar-refractivity contribution in [3.05, 3.63) is 59.8 Å². The highest BCUT2D eigenvalue weighted by molar-refractivity contribution is 7.92. The topological polar surface area (TPSA) is 129 Å². The largest absolute Gasteiger partial charge is 0.487 e. The lowest BCUT2D eigenvalue weighted by Crippen LogP contribution is -2.29. The van der Waals surface area contributed by atoms with Crippen molar-refractivity contribution in [1.29, 1.82) is 0 Å².